The molecule has 0 spiro atoms. The number of pyridine rings is 2. The molecular weight excluding hydrogens is 276 g/mol. The molecule has 3 heterocycles. The molecule has 1 aliphatic heterocycles. The summed E-state index contributed by atoms with van der Waals surface area (Å²) in [6.07, 6.45) is 6.90. The number of carbonyl (C=O) groups is 1. The van der Waals surface area contributed by atoms with Gasteiger partial charge in [0, 0.05) is 37.5 Å². The van der Waals surface area contributed by atoms with Gasteiger partial charge in [0.2, 0.25) is 0 Å². The number of hydrogen-bond acceptors (Lipinski definition) is 5. The lowest BCUT2D eigenvalue weighted by Gasteiger charge is -2.08. The lowest BCUT2D eigenvalue weighted by atomic mass is 10.00. The van der Waals surface area contributed by atoms with Gasteiger partial charge in [-0.05, 0) is 36.6 Å². The molecule has 0 radical (unpaired) electrons. The standard InChI is InChI=1S/C17H16N4O/c18-12-21-8-6-13(11-21)9-17(22)16-5-4-14(10-20-16)15-3-1-2-7-19-15/h1-5,7,10,13H,6,8-9,11H2/t13-/m0/s1. The number of aromatic nitrogens is 2. The summed E-state index contributed by atoms with van der Waals surface area (Å²) in [7, 11) is 0. The fraction of sp³-hybridized carbons (Fsp3) is 0.294. The first-order valence-electron chi connectivity index (χ1n) is 7.31. The third kappa shape index (κ3) is 3.12. The molecule has 1 fully saturated rings. The molecule has 1 aliphatic rings. The van der Waals surface area contributed by atoms with Crippen molar-refractivity contribution >= 4 is 5.78 Å². The smallest absolute Gasteiger partial charge is 0.181 e. The van der Waals surface area contributed by atoms with Crippen LogP contribution in [0, 0.1) is 17.4 Å². The highest BCUT2D eigenvalue weighted by atomic mass is 16.1. The second-order valence-electron chi connectivity index (χ2n) is 5.48. The second-order valence-corrected chi connectivity index (χ2v) is 5.48. The summed E-state index contributed by atoms with van der Waals surface area (Å²) in [6.45, 7) is 1.43. The average Bonchev–Trinajstić information content (AvgIpc) is 3.03. The summed E-state index contributed by atoms with van der Waals surface area (Å²) in [5.74, 6) is 0.293. The number of hydrogen-bond donors (Lipinski definition) is 0. The van der Waals surface area contributed by atoms with Gasteiger partial charge in [-0.15, -0.1) is 0 Å². The molecular formula is C17H16N4O. The van der Waals surface area contributed by atoms with Gasteiger partial charge in [0.05, 0.1) is 5.69 Å². The molecule has 0 aliphatic carbocycles. The third-order valence-electron chi connectivity index (χ3n) is 3.91. The predicted octanol–water partition coefficient (Wildman–Crippen LogP) is 2.52. The van der Waals surface area contributed by atoms with Crippen molar-refractivity contribution in [1.29, 1.82) is 5.26 Å². The number of nitrogens with zero attached hydrogens (tertiary/aromatic N) is 4. The van der Waals surface area contributed by atoms with Crippen LogP contribution in [0.2, 0.25) is 0 Å². The number of nitriles is 1. The molecule has 2 aromatic heterocycles. The molecule has 2 aromatic rings. The zero-order valence-electron chi connectivity index (χ0n) is 12.1. The summed E-state index contributed by atoms with van der Waals surface area (Å²) in [5.41, 5.74) is 2.22. The van der Waals surface area contributed by atoms with E-state index in [4.69, 9.17) is 5.26 Å². The summed E-state index contributed by atoms with van der Waals surface area (Å²) in [5, 5.41) is 8.85. The van der Waals surface area contributed by atoms with Crippen molar-refractivity contribution in [3.8, 4) is 17.5 Å². The topological polar surface area (TPSA) is 69.9 Å². The summed E-state index contributed by atoms with van der Waals surface area (Å²) < 4.78 is 0. The first-order valence-corrected chi connectivity index (χ1v) is 7.31. The molecule has 3 rings (SSSR count). The molecule has 0 saturated carbocycles. The van der Waals surface area contributed by atoms with Crippen LogP contribution < -0.4 is 0 Å². The van der Waals surface area contributed by atoms with Gasteiger partial charge >= 0.3 is 0 Å². The van der Waals surface area contributed by atoms with Crippen molar-refractivity contribution in [2.75, 3.05) is 13.1 Å². The Morgan fingerprint density at radius 2 is 2.23 bits per heavy atom. The van der Waals surface area contributed by atoms with Crippen LogP contribution >= 0.6 is 0 Å². The maximum Gasteiger partial charge on any atom is 0.181 e. The number of likely N-dealkylation sites (tertiary alicyclic amines) is 1. The van der Waals surface area contributed by atoms with Gasteiger partial charge in [0.15, 0.2) is 12.0 Å². The quantitative estimate of drug-likeness (QED) is 0.639. The van der Waals surface area contributed by atoms with Gasteiger partial charge in [0.1, 0.15) is 5.69 Å². The van der Waals surface area contributed by atoms with Gasteiger partial charge in [0.25, 0.3) is 0 Å². The van der Waals surface area contributed by atoms with Crippen molar-refractivity contribution < 1.29 is 4.79 Å². The molecule has 0 amide bonds. The Labute approximate surface area is 129 Å². The monoisotopic (exact) mass is 292 g/mol. The van der Waals surface area contributed by atoms with E-state index in [0.717, 1.165) is 24.2 Å². The van der Waals surface area contributed by atoms with E-state index in [1.807, 2.05) is 24.3 Å². The SMILES string of the molecule is N#CN1CC[C@@H](CC(=O)c2ccc(-c3ccccn3)cn2)C1. The van der Waals surface area contributed by atoms with Crippen LogP contribution in [0.4, 0.5) is 0 Å². The number of rotatable bonds is 4. The third-order valence-corrected chi connectivity index (χ3v) is 3.91. The van der Waals surface area contributed by atoms with E-state index < -0.39 is 0 Å². The maximum atomic E-state index is 12.3. The highest BCUT2D eigenvalue weighted by Crippen LogP contribution is 2.21. The van der Waals surface area contributed by atoms with Crippen LogP contribution in [0.1, 0.15) is 23.3 Å². The summed E-state index contributed by atoms with van der Waals surface area (Å²) in [4.78, 5) is 22.5. The highest BCUT2D eigenvalue weighted by molar-refractivity contribution is 5.94. The van der Waals surface area contributed by atoms with Crippen molar-refractivity contribution in [3.63, 3.8) is 0 Å². The normalized spacial score (nSPS) is 17.2. The van der Waals surface area contributed by atoms with E-state index in [-0.39, 0.29) is 11.7 Å². The van der Waals surface area contributed by atoms with Crippen LogP contribution in [0.5, 0.6) is 0 Å². The molecule has 1 atom stereocenters. The van der Waals surface area contributed by atoms with Crippen molar-refractivity contribution in [3.05, 3.63) is 48.4 Å². The lowest BCUT2D eigenvalue weighted by Crippen LogP contribution is -2.16. The lowest BCUT2D eigenvalue weighted by molar-refractivity contribution is 0.0958. The van der Waals surface area contributed by atoms with Gasteiger partial charge in [-0.1, -0.05) is 6.07 Å². The maximum absolute atomic E-state index is 12.3. The number of ketones is 1. The van der Waals surface area contributed by atoms with Crippen LogP contribution in [0.25, 0.3) is 11.3 Å². The summed E-state index contributed by atoms with van der Waals surface area (Å²) in [6, 6.07) is 9.32. The fourth-order valence-electron chi connectivity index (χ4n) is 2.70. The Morgan fingerprint density at radius 1 is 1.32 bits per heavy atom. The number of carbonyl (C=O) groups excluding carboxylic acids is 1. The minimum Gasteiger partial charge on any atom is -0.310 e. The predicted molar refractivity (Wildman–Crippen MR) is 81.7 cm³/mol. The Kier molecular flexibility index (Phi) is 4.10. The zero-order chi connectivity index (χ0) is 15.4. The molecule has 5 nitrogen and oxygen atoms in total. The van der Waals surface area contributed by atoms with Crippen LogP contribution in [-0.2, 0) is 0 Å². The van der Waals surface area contributed by atoms with Gasteiger partial charge < -0.3 is 4.90 Å². The van der Waals surface area contributed by atoms with Gasteiger partial charge in [-0.3, -0.25) is 14.8 Å². The first kappa shape index (κ1) is 14.2. The van der Waals surface area contributed by atoms with E-state index in [2.05, 4.69) is 16.2 Å². The molecule has 5 heteroatoms. The minimum atomic E-state index is 0.0392. The Hall–Kier alpha value is -2.74. The number of Topliss-reactive ketones (excluding diaryl/α,β-unsaturated/α-hetero) is 1. The second kappa shape index (κ2) is 6.35. The average molecular weight is 292 g/mol. The molecule has 0 bridgehead atoms. The summed E-state index contributed by atoms with van der Waals surface area (Å²) >= 11 is 0. The van der Waals surface area contributed by atoms with Crippen molar-refractivity contribution in [1.82, 2.24) is 14.9 Å². The van der Waals surface area contributed by atoms with Crippen molar-refractivity contribution in [2.45, 2.75) is 12.8 Å². The largest absolute Gasteiger partial charge is 0.310 e. The van der Waals surface area contributed by atoms with E-state index in [0.29, 0.717) is 18.7 Å². The fourth-order valence-corrected chi connectivity index (χ4v) is 2.70. The van der Waals surface area contributed by atoms with Crippen LogP contribution in [0.15, 0.2) is 42.7 Å². The van der Waals surface area contributed by atoms with E-state index in [1.165, 1.54) is 0 Å². The molecule has 0 N–H and O–H groups in total. The molecule has 22 heavy (non-hydrogen) atoms. The van der Waals surface area contributed by atoms with Gasteiger partial charge in [-0.2, -0.15) is 5.26 Å². The molecule has 1 saturated heterocycles. The van der Waals surface area contributed by atoms with Crippen molar-refractivity contribution in [2.24, 2.45) is 5.92 Å². The van der Waals surface area contributed by atoms with E-state index in [1.54, 1.807) is 23.4 Å². The Balaban J connectivity index is 1.66. The zero-order valence-corrected chi connectivity index (χ0v) is 12.1. The van der Waals surface area contributed by atoms with Crippen LogP contribution in [0.3, 0.4) is 0 Å². The minimum absolute atomic E-state index is 0.0392. The molecule has 110 valence electrons. The van der Waals surface area contributed by atoms with Crippen LogP contribution in [-0.4, -0.2) is 33.7 Å². The van der Waals surface area contributed by atoms with Gasteiger partial charge in [-0.25, -0.2) is 0 Å². The Bertz CT molecular complexity index is 691. The molecule has 0 aromatic carbocycles. The first-order chi connectivity index (χ1) is 10.8. The van der Waals surface area contributed by atoms with E-state index >= 15 is 0 Å². The molecule has 0 unspecified atom stereocenters. The Morgan fingerprint density at radius 3 is 2.86 bits per heavy atom. The van der Waals surface area contributed by atoms with E-state index in [9.17, 15) is 4.79 Å². The highest BCUT2D eigenvalue weighted by Gasteiger charge is 2.24.